The minimum absolute atomic E-state index is 0.584. The first-order chi connectivity index (χ1) is 8.69. The molecule has 1 aliphatic rings. The van der Waals surface area contributed by atoms with E-state index < -0.39 is 0 Å². The molecular formula is C15H22ClNO. The maximum atomic E-state index is 6.02. The van der Waals surface area contributed by atoms with E-state index in [2.05, 4.69) is 12.2 Å². The molecule has 1 N–H and O–H groups in total. The molecule has 2 rings (SSSR count). The molecule has 0 amide bonds. The average molecular weight is 268 g/mol. The molecule has 18 heavy (non-hydrogen) atoms. The highest BCUT2D eigenvalue weighted by molar-refractivity contribution is 6.30. The van der Waals surface area contributed by atoms with Crippen LogP contribution in [0.4, 0.5) is 0 Å². The van der Waals surface area contributed by atoms with Gasteiger partial charge in [0.05, 0.1) is 7.11 Å². The monoisotopic (exact) mass is 267 g/mol. The summed E-state index contributed by atoms with van der Waals surface area (Å²) >= 11 is 6.02. The number of hydrogen-bond acceptors (Lipinski definition) is 2. The first-order valence-electron chi connectivity index (χ1n) is 6.72. The Bertz CT molecular complexity index is 401. The predicted octanol–water partition coefficient (Wildman–Crippen LogP) is 4.02. The Kier molecular flexibility index (Phi) is 4.52. The van der Waals surface area contributed by atoms with E-state index in [1.54, 1.807) is 7.11 Å². The van der Waals surface area contributed by atoms with Crippen LogP contribution in [0, 0.1) is 5.41 Å². The Labute approximate surface area is 115 Å². The van der Waals surface area contributed by atoms with Crippen molar-refractivity contribution >= 4 is 11.6 Å². The van der Waals surface area contributed by atoms with Gasteiger partial charge in [-0.05, 0) is 42.9 Å². The minimum atomic E-state index is 0.584. The van der Waals surface area contributed by atoms with Crippen LogP contribution in [0.2, 0.25) is 5.02 Å². The number of benzene rings is 1. The Balaban J connectivity index is 1.88. The summed E-state index contributed by atoms with van der Waals surface area (Å²) in [6, 6.07) is 5.77. The molecule has 1 aromatic rings. The van der Waals surface area contributed by atoms with Crippen LogP contribution in [0.1, 0.15) is 38.2 Å². The van der Waals surface area contributed by atoms with Crippen LogP contribution < -0.4 is 10.1 Å². The largest absolute Gasteiger partial charge is 0.496 e. The standard InChI is InChI=1S/C15H22ClNO/c1-3-6-15(7-8-15)11-17-10-12-9-13(16)4-5-14(12)18-2/h4-5,9,17H,3,6-8,10-11H2,1-2H3. The van der Waals surface area contributed by atoms with E-state index in [0.717, 1.165) is 29.4 Å². The lowest BCUT2D eigenvalue weighted by Gasteiger charge is -2.16. The zero-order valence-corrected chi connectivity index (χ0v) is 12.0. The van der Waals surface area contributed by atoms with Gasteiger partial charge in [-0.25, -0.2) is 0 Å². The summed E-state index contributed by atoms with van der Waals surface area (Å²) in [4.78, 5) is 0. The summed E-state index contributed by atoms with van der Waals surface area (Å²) in [7, 11) is 1.70. The van der Waals surface area contributed by atoms with Crippen LogP contribution in [0.3, 0.4) is 0 Å². The van der Waals surface area contributed by atoms with Gasteiger partial charge in [0.15, 0.2) is 0 Å². The quantitative estimate of drug-likeness (QED) is 0.806. The van der Waals surface area contributed by atoms with Crippen LogP contribution in [0.15, 0.2) is 18.2 Å². The molecule has 0 unspecified atom stereocenters. The van der Waals surface area contributed by atoms with Crippen molar-refractivity contribution in [3.63, 3.8) is 0 Å². The molecule has 0 radical (unpaired) electrons. The van der Waals surface area contributed by atoms with Crippen LogP contribution in [0.25, 0.3) is 0 Å². The van der Waals surface area contributed by atoms with Crippen molar-refractivity contribution in [2.75, 3.05) is 13.7 Å². The van der Waals surface area contributed by atoms with Gasteiger partial charge in [-0.3, -0.25) is 0 Å². The topological polar surface area (TPSA) is 21.3 Å². The highest BCUT2D eigenvalue weighted by atomic mass is 35.5. The maximum Gasteiger partial charge on any atom is 0.123 e. The lowest BCUT2D eigenvalue weighted by Crippen LogP contribution is -2.23. The summed E-state index contributed by atoms with van der Waals surface area (Å²) in [6.07, 6.45) is 5.37. The molecule has 3 heteroatoms. The fraction of sp³-hybridized carbons (Fsp3) is 0.600. The summed E-state index contributed by atoms with van der Waals surface area (Å²) in [5, 5.41) is 4.32. The van der Waals surface area contributed by atoms with Gasteiger partial charge in [0.2, 0.25) is 0 Å². The van der Waals surface area contributed by atoms with Crippen molar-refractivity contribution in [3.8, 4) is 5.75 Å². The Morgan fingerprint density at radius 1 is 1.39 bits per heavy atom. The molecule has 0 atom stereocenters. The van der Waals surface area contributed by atoms with Crippen molar-refractivity contribution in [3.05, 3.63) is 28.8 Å². The maximum absolute atomic E-state index is 6.02. The summed E-state index contributed by atoms with van der Waals surface area (Å²) < 4.78 is 5.35. The molecule has 0 spiro atoms. The number of methoxy groups -OCH3 is 1. The summed E-state index contributed by atoms with van der Waals surface area (Å²) in [6.45, 7) is 4.20. The van der Waals surface area contributed by atoms with E-state index in [9.17, 15) is 0 Å². The Morgan fingerprint density at radius 2 is 2.17 bits per heavy atom. The molecule has 1 aliphatic carbocycles. The van der Waals surface area contributed by atoms with Gasteiger partial charge in [0, 0.05) is 23.7 Å². The van der Waals surface area contributed by atoms with E-state index >= 15 is 0 Å². The summed E-state index contributed by atoms with van der Waals surface area (Å²) in [5.74, 6) is 0.909. The second-order valence-electron chi connectivity index (χ2n) is 5.31. The molecule has 0 aromatic heterocycles. The fourth-order valence-corrected chi connectivity index (χ4v) is 2.76. The molecular weight excluding hydrogens is 246 g/mol. The summed E-state index contributed by atoms with van der Waals surface area (Å²) in [5.41, 5.74) is 1.72. The number of ether oxygens (including phenoxy) is 1. The van der Waals surface area contributed by atoms with Crippen molar-refractivity contribution in [1.82, 2.24) is 5.32 Å². The Hall–Kier alpha value is -0.730. The van der Waals surface area contributed by atoms with Crippen LogP contribution in [0.5, 0.6) is 5.75 Å². The fourth-order valence-electron chi connectivity index (χ4n) is 2.57. The lowest BCUT2D eigenvalue weighted by molar-refractivity contribution is 0.397. The van der Waals surface area contributed by atoms with E-state index in [-0.39, 0.29) is 0 Å². The molecule has 1 fully saturated rings. The van der Waals surface area contributed by atoms with E-state index in [4.69, 9.17) is 16.3 Å². The zero-order chi connectivity index (χ0) is 13.0. The SMILES string of the molecule is CCCC1(CNCc2cc(Cl)ccc2OC)CC1. The first kappa shape index (κ1) is 13.7. The van der Waals surface area contributed by atoms with Crippen LogP contribution in [-0.2, 0) is 6.54 Å². The van der Waals surface area contributed by atoms with Crippen molar-refractivity contribution in [1.29, 1.82) is 0 Å². The van der Waals surface area contributed by atoms with Crippen molar-refractivity contribution < 1.29 is 4.74 Å². The van der Waals surface area contributed by atoms with Gasteiger partial charge in [-0.2, -0.15) is 0 Å². The smallest absolute Gasteiger partial charge is 0.123 e. The van der Waals surface area contributed by atoms with Crippen molar-refractivity contribution in [2.45, 2.75) is 39.2 Å². The van der Waals surface area contributed by atoms with Gasteiger partial charge in [-0.1, -0.05) is 24.9 Å². The minimum Gasteiger partial charge on any atom is -0.496 e. The number of nitrogens with one attached hydrogen (secondary N) is 1. The second-order valence-corrected chi connectivity index (χ2v) is 5.75. The Morgan fingerprint density at radius 3 is 2.78 bits per heavy atom. The van der Waals surface area contributed by atoms with Gasteiger partial charge < -0.3 is 10.1 Å². The molecule has 2 nitrogen and oxygen atoms in total. The molecule has 1 aromatic carbocycles. The molecule has 0 aliphatic heterocycles. The van der Waals surface area contributed by atoms with Crippen molar-refractivity contribution in [2.24, 2.45) is 5.41 Å². The number of halogens is 1. The van der Waals surface area contributed by atoms with Gasteiger partial charge in [-0.15, -0.1) is 0 Å². The lowest BCUT2D eigenvalue weighted by atomic mass is 10.0. The number of hydrogen-bond donors (Lipinski definition) is 1. The molecule has 0 saturated heterocycles. The average Bonchev–Trinajstić information content (AvgIpc) is 3.10. The van der Waals surface area contributed by atoms with E-state index in [1.165, 1.54) is 25.7 Å². The van der Waals surface area contributed by atoms with Gasteiger partial charge in [0.25, 0.3) is 0 Å². The zero-order valence-electron chi connectivity index (χ0n) is 11.3. The second kappa shape index (κ2) is 5.94. The number of rotatable bonds is 7. The highest BCUT2D eigenvalue weighted by Gasteiger charge is 2.40. The molecule has 100 valence electrons. The normalized spacial score (nSPS) is 16.6. The van der Waals surface area contributed by atoms with Gasteiger partial charge in [0.1, 0.15) is 5.75 Å². The third-order valence-electron chi connectivity index (χ3n) is 3.80. The predicted molar refractivity (Wildman–Crippen MR) is 76.3 cm³/mol. The molecule has 1 saturated carbocycles. The van der Waals surface area contributed by atoms with Crippen LogP contribution >= 0.6 is 11.6 Å². The van der Waals surface area contributed by atoms with Gasteiger partial charge >= 0.3 is 0 Å². The highest BCUT2D eigenvalue weighted by Crippen LogP contribution is 2.48. The first-order valence-corrected chi connectivity index (χ1v) is 7.10. The third kappa shape index (κ3) is 3.39. The molecule has 0 bridgehead atoms. The van der Waals surface area contributed by atoms with Crippen LogP contribution in [-0.4, -0.2) is 13.7 Å². The third-order valence-corrected chi connectivity index (χ3v) is 4.03. The van der Waals surface area contributed by atoms with E-state index in [1.807, 2.05) is 18.2 Å². The van der Waals surface area contributed by atoms with E-state index in [0.29, 0.717) is 5.41 Å². The molecule has 0 heterocycles.